The monoisotopic (exact) mass is 454 g/mol. The van der Waals surface area contributed by atoms with Gasteiger partial charge in [-0.05, 0) is 0 Å². The van der Waals surface area contributed by atoms with E-state index in [9.17, 15) is 4.79 Å². The van der Waals surface area contributed by atoms with Crippen molar-refractivity contribution in [2.45, 2.75) is 49.0 Å². The Bertz CT molecular complexity index is 492. The van der Waals surface area contributed by atoms with Gasteiger partial charge in [0.2, 0.25) is 0 Å². The second-order valence-electron chi connectivity index (χ2n) is 6.99. The summed E-state index contributed by atoms with van der Waals surface area (Å²) in [6.45, 7) is 0.227. The molecule has 0 amide bonds. The van der Waals surface area contributed by atoms with Crippen LogP contribution in [0.1, 0.15) is 0 Å². The summed E-state index contributed by atoms with van der Waals surface area (Å²) in [5, 5.41) is 0. The van der Waals surface area contributed by atoms with Gasteiger partial charge in [-0.15, -0.1) is 0 Å². The lowest BCUT2D eigenvalue weighted by Gasteiger charge is -2.45. The van der Waals surface area contributed by atoms with Crippen molar-refractivity contribution in [3.05, 3.63) is 0 Å². The van der Waals surface area contributed by atoms with Crippen LogP contribution in [-0.2, 0) is 52.2 Å². The molecule has 0 aromatic rings. The lowest BCUT2D eigenvalue weighted by Crippen LogP contribution is -2.63. The van der Waals surface area contributed by atoms with Crippen molar-refractivity contribution in [3.8, 4) is 0 Å². The van der Waals surface area contributed by atoms with Crippen LogP contribution in [0, 0.1) is 0 Å². The predicted molar refractivity (Wildman–Crippen MR) is 108 cm³/mol. The fourth-order valence-corrected chi connectivity index (χ4v) is 3.72. The third-order valence-corrected chi connectivity index (χ3v) is 5.19. The van der Waals surface area contributed by atoms with Crippen molar-refractivity contribution in [3.63, 3.8) is 0 Å². The molecule has 0 aromatic heterocycles. The fraction of sp³-hybridized carbons (Fsp3) is 0.950. The molecule has 1 aliphatic rings. The molecule has 0 N–H and O–H groups in total. The summed E-state index contributed by atoms with van der Waals surface area (Å²) in [6.07, 6.45) is -5.67. The molecular formula is C20H38O11. The summed E-state index contributed by atoms with van der Waals surface area (Å²) in [5.41, 5.74) is 0. The smallest absolute Gasteiger partial charge is 0.189 e. The zero-order chi connectivity index (χ0) is 23.4. The Morgan fingerprint density at radius 2 is 1.45 bits per heavy atom. The molecule has 0 bridgehead atoms. The molecule has 184 valence electrons. The zero-order valence-electron chi connectivity index (χ0n) is 19.7. The van der Waals surface area contributed by atoms with Crippen molar-refractivity contribution >= 4 is 5.78 Å². The number of hydrogen-bond donors (Lipinski definition) is 0. The van der Waals surface area contributed by atoms with Crippen molar-refractivity contribution in [1.29, 1.82) is 0 Å². The highest BCUT2D eigenvalue weighted by Gasteiger charge is 2.50. The van der Waals surface area contributed by atoms with E-state index >= 15 is 0 Å². The Kier molecular flexibility index (Phi) is 13.8. The van der Waals surface area contributed by atoms with Gasteiger partial charge in [0.1, 0.15) is 43.2 Å². The van der Waals surface area contributed by atoms with Crippen LogP contribution in [0.25, 0.3) is 0 Å². The highest BCUT2D eigenvalue weighted by Crippen LogP contribution is 2.30. The van der Waals surface area contributed by atoms with Crippen LogP contribution >= 0.6 is 0 Å². The number of ether oxygens (including phenoxy) is 10. The topological polar surface area (TPSA) is 109 Å². The minimum absolute atomic E-state index is 0.186. The van der Waals surface area contributed by atoms with Crippen LogP contribution in [0.2, 0.25) is 0 Å². The Morgan fingerprint density at radius 3 is 1.90 bits per heavy atom. The van der Waals surface area contributed by atoms with Gasteiger partial charge in [-0.2, -0.15) is 0 Å². The number of Topliss-reactive ketones (excluding diaryl/α,β-unsaturated/α-hetero) is 1. The minimum atomic E-state index is -1.09. The van der Waals surface area contributed by atoms with E-state index in [1.807, 2.05) is 0 Å². The summed E-state index contributed by atoms with van der Waals surface area (Å²) >= 11 is 0. The van der Waals surface area contributed by atoms with Gasteiger partial charge >= 0.3 is 0 Å². The predicted octanol–water partition coefficient (Wildman–Crippen LogP) is -0.320. The molecule has 11 heteroatoms. The first-order valence-corrected chi connectivity index (χ1v) is 9.92. The molecular weight excluding hydrogens is 416 g/mol. The van der Waals surface area contributed by atoms with Crippen molar-refractivity contribution < 1.29 is 52.2 Å². The second-order valence-corrected chi connectivity index (χ2v) is 6.99. The van der Waals surface area contributed by atoms with E-state index in [0.29, 0.717) is 0 Å². The summed E-state index contributed by atoms with van der Waals surface area (Å²) in [7, 11) is 12.1. The maximum atomic E-state index is 12.9. The van der Waals surface area contributed by atoms with Crippen molar-refractivity contribution in [2.24, 2.45) is 0 Å². The van der Waals surface area contributed by atoms with Crippen LogP contribution in [0.15, 0.2) is 0 Å². The molecule has 11 nitrogen and oxygen atoms in total. The summed E-state index contributed by atoms with van der Waals surface area (Å²) in [4.78, 5) is 12.9. The molecule has 0 radical (unpaired) electrons. The molecule has 0 spiro atoms. The van der Waals surface area contributed by atoms with Gasteiger partial charge < -0.3 is 47.4 Å². The van der Waals surface area contributed by atoms with E-state index in [1.165, 1.54) is 35.5 Å². The molecule has 1 rings (SSSR count). The van der Waals surface area contributed by atoms with E-state index in [2.05, 4.69) is 0 Å². The van der Waals surface area contributed by atoms with Crippen LogP contribution < -0.4 is 0 Å². The molecule has 31 heavy (non-hydrogen) atoms. The number of hydrogen-bond acceptors (Lipinski definition) is 11. The maximum Gasteiger partial charge on any atom is 0.189 e. The number of methoxy groups -OCH3 is 8. The molecule has 1 fully saturated rings. The van der Waals surface area contributed by atoms with E-state index in [0.717, 1.165) is 0 Å². The average Bonchev–Trinajstić information content (AvgIpc) is 2.77. The second kappa shape index (κ2) is 15.2. The lowest BCUT2D eigenvalue weighted by molar-refractivity contribution is -0.327. The van der Waals surface area contributed by atoms with Gasteiger partial charge in [0.15, 0.2) is 18.2 Å². The fourth-order valence-electron chi connectivity index (χ4n) is 3.72. The summed E-state index contributed by atoms with van der Waals surface area (Å²) < 4.78 is 55.6. The van der Waals surface area contributed by atoms with Gasteiger partial charge in [-0.1, -0.05) is 0 Å². The first kappa shape index (κ1) is 28.3. The molecule has 1 saturated heterocycles. The first-order valence-electron chi connectivity index (χ1n) is 9.92. The van der Waals surface area contributed by atoms with E-state index < -0.39 is 49.0 Å². The molecule has 8 atom stereocenters. The van der Waals surface area contributed by atoms with Crippen molar-refractivity contribution in [1.82, 2.24) is 0 Å². The van der Waals surface area contributed by atoms with Crippen LogP contribution in [-0.4, -0.2) is 132 Å². The molecule has 0 aromatic carbocycles. The Balaban J connectivity index is 3.25. The highest BCUT2D eigenvalue weighted by atomic mass is 16.7. The van der Waals surface area contributed by atoms with Gasteiger partial charge in [0, 0.05) is 56.9 Å². The van der Waals surface area contributed by atoms with Crippen LogP contribution in [0.5, 0.6) is 0 Å². The van der Waals surface area contributed by atoms with Crippen LogP contribution in [0.3, 0.4) is 0 Å². The molecule has 1 heterocycles. The standard InChI is InChI=1S/C20H38O11/c1-22-9-12(21)15(16(26-5)13(25-4)10-23-2)31-20-19(29-8)18(28-7)17(27-6)14(30-20)11-24-3/h13-20H,9-11H2,1-8H3/t13?,14-,15?,16?,17-,18+,19-,20-/m1/s1. The third-order valence-electron chi connectivity index (χ3n) is 5.19. The van der Waals surface area contributed by atoms with E-state index in [1.54, 1.807) is 21.3 Å². The SMILES string of the molecule is COCC(=O)C(O[C@H]1O[C@H](COC)[C@@H](OC)[C@H](OC)[C@H]1OC)C(OC)C(COC)OC. The molecule has 0 saturated carbocycles. The number of ketones is 1. The number of carbonyl (C=O) groups excluding carboxylic acids is 1. The van der Waals surface area contributed by atoms with Gasteiger partial charge in [0.05, 0.1) is 13.2 Å². The third kappa shape index (κ3) is 7.39. The van der Waals surface area contributed by atoms with E-state index in [-0.39, 0.29) is 25.6 Å². The van der Waals surface area contributed by atoms with Gasteiger partial charge in [0.25, 0.3) is 0 Å². The largest absolute Gasteiger partial charge is 0.382 e. The summed E-state index contributed by atoms with van der Waals surface area (Å²) in [5.74, 6) is -0.350. The Hall–Kier alpha value is -0.730. The average molecular weight is 455 g/mol. The van der Waals surface area contributed by atoms with Crippen LogP contribution in [0.4, 0.5) is 0 Å². The Morgan fingerprint density at radius 1 is 0.806 bits per heavy atom. The molecule has 0 aliphatic carbocycles. The number of carbonyl (C=O) groups is 1. The maximum absolute atomic E-state index is 12.9. The lowest BCUT2D eigenvalue weighted by atomic mass is 9.97. The Labute approximate surface area is 184 Å². The van der Waals surface area contributed by atoms with Crippen molar-refractivity contribution in [2.75, 3.05) is 76.7 Å². The minimum Gasteiger partial charge on any atom is -0.382 e. The molecule has 3 unspecified atom stereocenters. The number of rotatable bonds is 16. The highest BCUT2D eigenvalue weighted by molar-refractivity contribution is 5.85. The van der Waals surface area contributed by atoms with Gasteiger partial charge in [-0.25, -0.2) is 0 Å². The van der Waals surface area contributed by atoms with Gasteiger partial charge in [-0.3, -0.25) is 4.79 Å². The normalized spacial score (nSPS) is 29.5. The quantitative estimate of drug-likeness (QED) is 0.306. The van der Waals surface area contributed by atoms with E-state index in [4.69, 9.17) is 47.4 Å². The first-order chi connectivity index (χ1) is 15.0. The zero-order valence-corrected chi connectivity index (χ0v) is 19.7. The molecule has 1 aliphatic heterocycles. The summed E-state index contributed by atoms with van der Waals surface area (Å²) in [6, 6.07) is 0.